The highest BCUT2D eigenvalue weighted by molar-refractivity contribution is 5.93. The Hall–Kier alpha value is -1.89. The lowest BCUT2D eigenvalue weighted by Gasteiger charge is -2.39. The van der Waals surface area contributed by atoms with Crippen LogP contribution in [0.3, 0.4) is 0 Å². The number of carbonyl (C=O) groups excluding carboxylic acids is 3. The highest BCUT2D eigenvalue weighted by Crippen LogP contribution is 2.22. The quantitative estimate of drug-likeness (QED) is 0.477. The fraction of sp³-hybridized carbons (Fsp3) is 0.828. The largest absolute Gasteiger partial charge is 0.343 e. The molecule has 0 radical (unpaired) electrons. The zero-order valence-electron chi connectivity index (χ0n) is 24.2. The molecule has 0 spiro atoms. The summed E-state index contributed by atoms with van der Waals surface area (Å²) in [6.45, 7) is 16.7. The van der Waals surface area contributed by atoms with Crippen LogP contribution < -0.4 is 5.32 Å². The fourth-order valence-electron chi connectivity index (χ4n) is 5.58. The minimum absolute atomic E-state index is 0.0448. The molecule has 0 aromatic carbocycles. The predicted octanol–water partition coefficient (Wildman–Crippen LogP) is 4.22. The highest BCUT2D eigenvalue weighted by Gasteiger charge is 2.36. The van der Waals surface area contributed by atoms with Crippen molar-refractivity contribution in [2.24, 2.45) is 11.8 Å². The second kappa shape index (κ2) is 14.2. The molecule has 2 aliphatic rings. The van der Waals surface area contributed by atoms with Crippen LogP contribution in [-0.2, 0) is 14.4 Å². The van der Waals surface area contributed by atoms with Gasteiger partial charge in [-0.05, 0) is 64.8 Å². The van der Waals surface area contributed by atoms with Crippen molar-refractivity contribution in [3.8, 4) is 0 Å². The van der Waals surface area contributed by atoms with E-state index in [-0.39, 0.29) is 47.7 Å². The van der Waals surface area contributed by atoms with Gasteiger partial charge in [-0.1, -0.05) is 53.0 Å². The molecule has 7 heteroatoms. The van der Waals surface area contributed by atoms with Gasteiger partial charge in [0.05, 0.1) is 12.1 Å². The van der Waals surface area contributed by atoms with E-state index in [0.29, 0.717) is 5.57 Å². The van der Waals surface area contributed by atoms with Crippen LogP contribution in [0.1, 0.15) is 93.4 Å². The maximum atomic E-state index is 13.7. The molecule has 0 bridgehead atoms. The molecule has 2 unspecified atom stereocenters. The third-order valence-electron chi connectivity index (χ3n) is 7.87. The SMILES string of the molecule is C/C(=C\[C@H](C(C)C)N(C)C(=O)C(NC(=O)C1CCCCN1C(C)C)C(C)C)C(=O)N1CCCCCC1. The maximum absolute atomic E-state index is 13.7. The first-order valence-electron chi connectivity index (χ1n) is 14.3. The van der Waals surface area contributed by atoms with Crippen LogP contribution in [0.15, 0.2) is 11.6 Å². The Bertz CT molecular complexity index is 768. The van der Waals surface area contributed by atoms with E-state index in [1.54, 1.807) is 11.9 Å². The molecule has 2 fully saturated rings. The smallest absolute Gasteiger partial charge is 0.249 e. The summed E-state index contributed by atoms with van der Waals surface area (Å²) in [5.74, 6) is 0.00663. The molecular formula is C29H52N4O3. The van der Waals surface area contributed by atoms with Gasteiger partial charge in [-0.2, -0.15) is 0 Å². The number of nitrogens with zero attached hydrogens (tertiary/aromatic N) is 3. The van der Waals surface area contributed by atoms with E-state index in [9.17, 15) is 14.4 Å². The lowest BCUT2D eigenvalue weighted by atomic mass is 9.95. The predicted molar refractivity (Wildman–Crippen MR) is 146 cm³/mol. The molecule has 0 aromatic heterocycles. The van der Waals surface area contributed by atoms with E-state index in [4.69, 9.17) is 0 Å². The summed E-state index contributed by atoms with van der Waals surface area (Å²) in [5, 5.41) is 3.11. The Morgan fingerprint density at radius 2 is 1.44 bits per heavy atom. The lowest BCUT2D eigenvalue weighted by Crippen LogP contribution is -2.58. The van der Waals surface area contributed by atoms with Gasteiger partial charge in [-0.25, -0.2) is 0 Å². The second-order valence-corrected chi connectivity index (χ2v) is 11.8. The Morgan fingerprint density at radius 1 is 0.861 bits per heavy atom. The molecule has 36 heavy (non-hydrogen) atoms. The second-order valence-electron chi connectivity index (χ2n) is 11.8. The zero-order valence-corrected chi connectivity index (χ0v) is 24.2. The van der Waals surface area contributed by atoms with Crippen LogP contribution in [0.2, 0.25) is 0 Å². The molecule has 0 aliphatic carbocycles. The van der Waals surface area contributed by atoms with Crippen molar-refractivity contribution in [1.29, 1.82) is 0 Å². The van der Waals surface area contributed by atoms with Gasteiger partial charge >= 0.3 is 0 Å². The summed E-state index contributed by atoms with van der Waals surface area (Å²) in [7, 11) is 1.80. The summed E-state index contributed by atoms with van der Waals surface area (Å²) >= 11 is 0. The first kappa shape index (κ1) is 30.3. The Balaban J connectivity index is 2.17. The highest BCUT2D eigenvalue weighted by atomic mass is 16.2. The van der Waals surface area contributed by atoms with E-state index >= 15 is 0 Å². The lowest BCUT2D eigenvalue weighted by molar-refractivity contribution is -0.140. The van der Waals surface area contributed by atoms with Gasteiger partial charge in [0, 0.05) is 31.8 Å². The zero-order chi connectivity index (χ0) is 27.0. The third kappa shape index (κ3) is 8.06. The van der Waals surface area contributed by atoms with E-state index in [2.05, 4.69) is 37.9 Å². The normalized spacial score (nSPS) is 21.9. The molecule has 206 valence electrons. The summed E-state index contributed by atoms with van der Waals surface area (Å²) < 4.78 is 0. The minimum Gasteiger partial charge on any atom is -0.343 e. The van der Waals surface area contributed by atoms with E-state index in [0.717, 1.165) is 51.7 Å². The van der Waals surface area contributed by atoms with Crippen LogP contribution >= 0.6 is 0 Å². The number of hydrogen-bond donors (Lipinski definition) is 1. The van der Waals surface area contributed by atoms with Gasteiger partial charge in [0.15, 0.2) is 0 Å². The summed E-state index contributed by atoms with van der Waals surface area (Å²) in [4.78, 5) is 46.2. The molecule has 0 aromatic rings. The van der Waals surface area contributed by atoms with Crippen molar-refractivity contribution in [2.75, 3.05) is 26.7 Å². The average molecular weight is 505 g/mol. The number of amides is 3. The topological polar surface area (TPSA) is 73.0 Å². The van der Waals surface area contributed by atoms with Crippen molar-refractivity contribution in [3.63, 3.8) is 0 Å². The van der Waals surface area contributed by atoms with Crippen molar-refractivity contribution in [1.82, 2.24) is 20.0 Å². The molecule has 7 nitrogen and oxygen atoms in total. The Labute approximate surface area is 220 Å². The summed E-state index contributed by atoms with van der Waals surface area (Å²) in [5.41, 5.74) is 0.690. The number of hydrogen-bond acceptors (Lipinski definition) is 4. The van der Waals surface area contributed by atoms with E-state index in [1.165, 1.54) is 12.8 Å². The Morgan fingerprint density at radius 3 is 1.97 bits per heavy atom. The fourth-order valence-corrected chi connectivity index (χ4v) is 5.58. The number of likely N-dealkylation sites (N-methyl/N-ethyl adjacent to an activating group) is 1. The number of likely N-dealkylation sites (tertiary alicyclic amines) is 2. The first-order valence-corrected chi connectivity index (χ1v) is 14.3. The van der Waals surface area contributed by atoms with Gasteiger partial charge < -0.3 is 15.1 Å². The van der Waals surface area contributed by atoms with Gasteiger partial charge in [0.1, 0.15) is 6.04 Å². The van der Waals surface area contributed by atoms with Crippen LogP contribution in [0.4, 0.5) is 0 Å². The number of carbonyl (C=O) groups is 3. The molecule has 1 N–H and O–H groups in total. The Kier molecular flexibility index (Phi) is 11.9. The third-order valence-corrected chi connectivity index (χ3v) is 7.87. The summed E-state index contributed by atoms with van der Waals surface area (Å²) in [6.07, 6.45) is 9.38. The van der Waals surface area contributed by atoms with E-state index in [1.807, 2.05) is 31.7 Å². The summed E-state index contributed by atoms with van der Waals surface area (Å²) in [6, 6.07) is -0.729. The van der Waals surface area contributed by atoms with Crippen LogP contribution in [0.25, 0.3) is 0 Å². The number of rotatable bonds is 9. The van der Waals surface area contributed by atoms with E-state index < -0.39 is 6.04 Å². The molecule has 2 saturated heterocycles. The molecule has 2 aliphatic heterocycles. The standard InChI is InChI=1S/C29H52N4O3/c1-20(2)25(19-23(7)28(35)32-16-12-9-10-13-17-32)31(8)29(36)26(21(3)4)30-27(34)24-15-11-14-18-33(24)22(5)6/h19-22,24-26H,9-18H2,1-8H3,(H,30,34)/b23-19+/t24?,25-,26?/m1/s1. The molecule has 2 heterocycles. The van der Waals surface area contributed by atoms with Crippen molar-refractivity contribution < 1.29 is 14.4 Å². The van der Waals surface area contributed by atoms with Gasteiger partial charge in [-0.15, -0.1) is 0 Å². The number of nitrogens with one attached hydrogen (secondary N) is 1. The van der Waals surface area contributed by atoms with Gasteiger partial charge in [-0.3, -0.25) is 19.3 Å². The molecule has 0 saturated carbocycles. The first-order chi connectivity index (χ1) is 17.0. The van der Waals surface area contributed by atoms with Gasteiger partial charge in [0.25, 0.3) is 0 Å². The molecule has 3 atom stereocenters. The average Bonchev–Trinajstić information content (AvgIpc) is 3.13. The van der Waals surface area contributed by atoms with Crippen LogP contribution in [0.5, 0.6) is 0 Å². The van der Waals surface area contributed by atoms with Crippen molar-refractivity contribution >= 4 is 17.7 Å². The van der Waals surface area contributed by atoms with Crippen molar-refractivity contribution in [2.45, 2.75) is 118 Å². The molecular weight excluding hydrogens is 452 g/mol. The number of piperidine rings is 1. The van der Waals surface area contributed by atoms with Gasteiger partial charge in [0.2, 0.25) is 17.7 Å². The van der Waals surface area contributed by atoms with Crippen LogP contribution in [-0.4, -0.2) is 83.3 Å². The molecule has 3 amide bonds. The monoisotopic (exact) mass is 504 g/mol. The van der Waals surface area contributed by atoms with Crippen molar-refractivity contribution in [3.05, 3.63) is 11.6 Å². The molecule has 2 rings (SSSR count). The maximum Gasteiger partial charge on any atom is 0.249 e. The van der Waals surface area contributed by atoms with Crippen LogP contribution in [0, 0.1) is 11.8 Å². The minimum atomic E-state index is -0.602.